The van der Waals surface area contributed by atoms with Crippen molar-refractivity contribution in [3.8, 4) is 0 Å². The Morgan fingerprint density at radius 2 is 1.78 bits per heavy atom. The van der Waals surface area contributed by atoms with Gasteiger partial charge in [-0.3, -0.25) is 19.4 Å². The van der Waals surface area contributed by atoms with Gasteiger partial charge >= 0.3 is 0 Å². The van der Waals surface area contributed by atoms with Crippen LogP contribution in [0.5, 0.6) is 0 Å². The number of piperazine rings is 1. The molecule has 2 aliphatic heterocycles. The SMILES string of the molecule is Cc1cn(C)c2c1N(C(=O)CN1CCN(C)CC1)c1ccccc1CC2=O. The van der Waals surface area contributed by atoms with Crippen LogP contribution >= 0.6 is 0 Å². The van der Waals surface area contributed by atoms with Gasteiger partial charge < -0.3 is 9.47 Å². The first kappa shape index (κ1) is 17.9. The first-order chi connectivity index (χ1) is 13.0. The van der Waals surface area contributed by atoms with E-state index in [9.17, 15) is 9.59 Å². The third kappa shape index (κ3) is 3.19. The largest absolute Gasteiger partial charge is 0.346 e. The van der Waals surface area contributed by atoms with Gasteiger partial charge in [0.25, 0.3) is 0 Å². The van der Waals surface area contributed by atoms with Crippen LogP contribution in [-0.4, -0.2) is 65.8 Å². The Morgan fingerprint density at radius 1 is 1.07 bits per heavy atom. The lowest BCUT2D eigenvalue weighted by atomic mass is 10.1. The predicted octanol–water partition coefficient (Wildman–Crippen LogP) is 1.98. The van der Waals surface area contributed by atoms with Gasteiger partial charge in [0.1, 0.15) is 5.69 Å². The fourth-order valence-corrected chi connectivity index (χ4v) is 4.16. The number of aryl methyl sites for hydroxylation is 2. The highest BCUT2D eigenvalue weighted by atomic mass is 16.2. The molecule has 0 spiro atoms. The lowest BCUT2D eigenvalue weighted by Crippen LogP contribution is -2.48. The summed E-state index contributed by atoms with van der Waals surface area (Å²) in [7, 11) is 3.98. The molecule has 0 saturated carbocycles. The van der Waals surface area contributed by atoms with E-state index in [4.69, 9.17) is 0 Å². The molecule has 0 aliphatic carbocycles. The molecule has 6 heteroatoms. The maximum Gasteiger partial charge on any atom is 0.245 e. The molecule has 1 aromatic heterocycles. The summed E-state index contributed by atoms with van der Waals surface area (Å²) in [5, 5.41) is 0. The molecule has 1 saturated heterocycles. The fraction of sp³-hybridized carbons (Fsp3) is 0.429. The summed E-state index contributed by atoms with van der Waals surface area (Å²) in [4.78, 5) is 32.6. The lowest BCUT2D eigenvalue weighted by Gasteiger charge is -2.33. The molecule has 0 bridgehead atoms. The first-order valence-electron chi connectivity index (χ1n) is 9.46. The smallest absolute Gasteiger partial charge is 0.245 e. The maximum atomic E-state index is 13.4. The average Bonchev–Trinajstić information content (AvgIpc) is 2.84. The zero-order valence-corrected chi connectivity index (χ0v) is 16.2. The van der Waals surface area contributed by atoms with Crippen molar-refractivity contribution in [2.45, 2.75) is 13.3 Å². The van der Waals surface area contributed by atoms with E-state index in [1.807, 2.05) is 49.0 Å². The van der Waals surface area contributed by atoms with Gasteiger partial charge in [-0.25, -0.2) is 0 Å². The van der Waals surface area contributed by atoms with Crippen molar-refractivity contribution in [1.82, 2.24) is 14.4 Å². The number of carbonyl (C=O) groups is 2. The Morgan fingerprint density at radius 3 is 2.52 bits per heavy atom. The van der Waals surface area contributed by atoms with Crippen LogP contribution in [0.4, 0.5) is 11.4 Å². The van der Waals surface area contributed by atoms with Gasteiger partial charge in [0.05, 0.1) is 17.9 Å². The number of hydrogen-bond donors (Lipinski definition) is 0. The summed E-state index contributed by atoms with van der Waals surface area (Å²) in [6.07, 6.45) is 2.26. The maximum absolute atomic E-state index is 13.4. The van der Waals surface area contributed by atoms with Gasteiger partial charge in [0.15, 0.2) is 5.78 Å². The highest BCUT2D eigenvalue weighted by Gasteiger charge is 2.33. The van der Waals surface area contributed by atoms with E-state index in [1.165, 1.54) is 0 Å². The monoisotopic (exact) mass is 366 g/mol. The molecule has 1 amide bonds. The van der Waals surface area contributed by atoms with E-state index in [1.54, 1.807) is 4.90 Å². The molecule has 4 rings (SSSR count). The molecule has 6 nitrogen and oxygen atoms in total. The highest BCUT2D eigenvalue weighted by molar-refractivity contribution is 6.13. The number of aromatic nitrogens is 1. The van der Waals surface area contributed by atoms with Crippen LogP contribution < -0.4 is 4.90 Å². The van der Waals surface area contributed by atoms with Crippen LogP contribution in [0, 0.1) is 6.92 Å². The number of benzene rings is 1. The Hall–Kier alpha value is -2.44. The van der Waals surface area contributed by atoms with Crippen molar-refractivity contribution in [3.63, 3.8) is 0 Å². The molecule has 2 aromatic rings. The zero-order valence-electron chi connectivity index (χ0n) is 16.2. The van der Waals surface area contributed by atoms with Crippen LogP contribution in [0.15, 0.2) is 30.5 Å². The van der Waals surface area contributed by atoms with Gasteiger partial charge in [-0.2, -0.15) is 0 Å². The second-order valence-electron chi connectivity index (χ2n) is 7.66. The molecular formula is C21H26N4O2. The molecule has 2 aliphatic rings. The number of nitrogens with zero attached hydrogens (tertiary/aromatic N) is 4. The van der Waals surface area contributed by atoms with E-state index >= 15 is 0 Å². The number of hydrogen-bond acceptors (Lipinski definition) is 4. The van der Waals surface area contributed by atoms with Crippen molar-refractivity contribution in [1.29, 1.82) is 0 Å². The standard InChI is InChI=1S/C21H26N4O2/c1-15-13-23(3)21-18(26)12-16-6-4-5-7-17(16)25(20(15)21)19(27)14-24-10-8-22(2)9-11-24/h4-7,13H,8-12,14H2,1-3H3. The van der Waals surface area contributed by atoms with Crippen LogP contribution in [-0.2, 0) is 18.3 Å². The van der Waals surface area contributed by atoms with Crippen LogP contribution in [0.3, 0.4) is 0 Å². The third-order valence-corrected chi connectivity index (χ3v) is 5.61. The van der Waals surface area contributed by atoms with Gasteiger partial charge in [-0.05, 0) is 31.2 Å². The molecular weight excluding hydrogens is 340 g/mol. The fourth-order valence-electron chi connectivity index (χ4n) is 4.16. The van der Waals surface area contributed by atoms with Gasteiger partial charge in [-0.15, -0.1) is 0 Å². The highest BCUT2D eigenvalue weighted by Crippen LogP contribution is 2.39. The van der Waals surface area contributed by atoms with Crippen LogP contribution in [0.1, 0.15) is 21.6 Å². The van der Waals surface area contributed by atoms with Crippen molar-refractivity contribution in [2.75, 3.05) is 44.7 Å². The molecule has 27 heavy (non-hydrogen) atoms. The van der Waals surface area contributed by atoms with E-state index < -0.39 is 0 Å². The summed E-state index contributed by atoms with van der Waals surface area (Å²) >= 11 is 0. The number of fused-ring (bicyclic) bond motifs is 2. The Kier molecular flexibility index (Phi) is 4.61. The molecule has 142 valence electrons. The summed E-state index contributed by atoms with van der Waals surface area (Å²) in [6.45, 7) is 6.05. The number of rotatable bonds is 2. The van der Waals surface area contributed by atoms with Gasteiger partial charge in [-0.1, -0.05) is 18.2 Å². The number of amides is 1. The zero-order chi connectivity index (χ0) is 19.1. The number of anilines is 2. The molecule has 3 heterocycles. The summed E-state index contributed by atoms with van der Waals surface area (Å²) in [5.41, 5.74) is 4.05. The predicted molar refractivity (Wildman–Crippen MR) is 106 cm³/mol. The van der Waals surface area contributed by atoms with Gasteiger partial charge in [0.2, 0.25) is 5.91 Å². The topological polar surface area (TPSA) is 48.8 Å². The summed E-state index contributed by atoms with van der Waals surface area (Å²) < 4.78 is 1.86. The average molecular weight is 366 g/mol. The quantitative estimate of drug-likeness (QED) is 0.816. The Balaban J connectivity index is 1.75. The van der Waals surface area contributed by atoms with E-state index in [2.05, 4.69) is 16.8 Å². The molecule has 1 aromatic carbocycles. The molecule has 0 radical (unpaired) electrons. The minimum absolute atomic E-state index is 0.0252. The second-order valence-corrected chi connectivity index (χ2v) is 7.66. The number of Topliss-reactive ketones (excluding diaryl/α,β-unsaturated/α-hetero) is 1. The Labute approximate surface area is 160 Å². The van der Waals surface area contributed by atoms with Crippen LogP contribution in [0.25, 0.3) is 0 Å². The van der Waals surface area contributed by atoms with Crippen molar-refractivity contribution >= 4 is 23.1 Å². The minimum atomic E-state index is 0.0252. The molecule has 0 unspecified atom stereocenters. The normalized spacial score (nSPS) is 18.2. The van der Waals surface area contributed by atoms with Crippen molar-refractivity contribution in [3.05, 3.63) is 47.3 Å². The first-order valence-corrected chi connectivity index (χ1v) is 9.46. The number of likely N-dealkylation sites (N-methyl/N-ethyl adjacent to an activating group) is 1. The second kappa shape index (κ2) is 6.94. The minimum Gasteiger partial charge on any atom is -0.346 e. The van der Waals surface area contributed by atoms with E-state index in [-0.39, 0.29) is 11.7 Å². The lowest BCUT2D eigenvalue weighted by molar-refractivity contribution is -0.119. The molecule has 1 fully saturated rings. The molecule has 0 atom stereocenters. The summed E-state index contributed by atoms with van der Waals surface area (Å²) in [5.74, 6) is 0.0835. The third-order valence-electron chi connectivity index (χ3n) is 5.61. The number of ketones is 1. The van der Waals surface area contributed by atoms with Gasteiger partial charge in [0, 0.05) is 45.8 Å². The summed E-state index contributed by atoms with van der Waals surface area (Å²) in [6, 6.07) is 7.76. The number of carbonyl (C=O) groups excluding carboxylic acids is 2. The van der Waals surface area contributed by atoms with Crippen molar-refractivity contribution < 1.29 is 9.59 Å². The van der Waals surface area contributed by atoms with E-state index in [0.29, 0.717) is 18.7 Å². The van der Waals surface area contributed by atoms with Crippen molar-refractivity contribution in [2.24, 2.45) is 7.05 Å². The number of para-hydroxylation sites is 1. The van der Waals surface area contributed by atoms with E-state index in [0.717, 1.165) is 48.7 Å². The Bertz CT molecular complexity index is 894. The molecule has 0 N–H and O–H groups in total. The van der Waals surface area contributed by atoms with Crippen LogP contribution in [0.2, 0.25) is 0 Å².